The number of nitrogens with one attached hydrogen (secondary N) is 1. The summed E-state index contributed by atoms with van der Waals surface area (Å²) in [5, 5.41) is 3.35. The van der Waals surface area contributed by atoms with E-state index in [4.69, 9.17) is 0 Å². The Morgan fingerprint density at radius 1 is 1.21 bits per heavy atom. The number of halogens is 1. The van der Waals surface area contributed by atoms with Crippen LogP contribution in [-0.4, -0.2) is 21.5 Å². The van der Waals surface area contributed by atoms with Crippen LogP contribution in [0.15, 0.2) is 18.3 Å². The molecule has 0 amide bonds. The summed E-state index contributed by atoms with van der Waals surface area (Å²) in [5.41, 5.74) is 2.93. The molecule has 0 fully saturated rings. The molecule has 19 heavy (non-hydrogen) atoms. The first kappa shape index (κ1) is 14.2. The van der Waals surface area contributed by atoms with Crippen molar-refractivity contribution in [3.05, 3.63) is 33.3 Å². The molecule has 0 bridgehead atoms. The molecule has 0 radical (unpaired) electrons. The molecule has 2 aromatic heterocycles. The number of rotatable bonds is 4. The van der Waals surface area contributed by atoms with Gasteiger partial charge < -0.3 is 5.32 Å². The lowest BCUT2D eigenvalue weighted by Crippen LogP contribution is -2.07. The average molecular weight is 368 g/mol. The second-order valence-electron chi connectivity index (χ2n) is 4.41. The first-order chi connectivity index (χ1) is 9.11. The highest BCUT2D eigenvalue weighted by Gasteiger charge is 2.10. The summed E-state index contributed by atoms with van der Waals surface area (Å²) in [7, 11) is 0. The van der Waals surface area contributed by atoms with Crippen molar-refractivity contribution < 1.29 is 0 Å². The lowest BCUT2D eigenvalue weighted by atomic mass is 10.2. The van der Waals surface area contributed by atoms with Crippen LogP contribution in [0, 0.1) is 17.4 Å². The minimum Gasteiger partial charge on any atom is -0.369 e. The van der Waals surface area contributed by atoms with Crippen molar-refractivity contribution in [3.63, 3.8) is 0 Å². The fourth-order valence-electron chi connectivity index (χ4n) is 1.65. The van der Waals surface area contributed by atoms with Gasteiger partial charge in [-0.25, -0.2) is 9.97 Å². The van der Waals surface area contributed by atoms with Crippen LogP contribution in [0.3, 0.4) is 0 Å². The van der Waals surface area contributed by atoms with Gasteiger partial charge in [-0.15, -0.1) is 0 Å². The van der Waals surface area contributed by atoms with E-state index in [0.29, 0.717) is 0 Å². The maximum Gasteiger partial charge on any atom is 0.163 e. The molecule has 0 aliphatic heterocycles. The zero-order valence-electron chi connectivity index (χ0n) is 11.4. The molecule has 0 aliphatic rings. The molecule has 5 heteroatoms. The van der Waals surface area contributed by atoms with Crippen molar-refractivity contribution in [2.24, 2.45) is 0 Å². The zero-order valence-corrected chi connectivity index (χ0v) is 13.5. The fourth-order valence-corrected chi connectivity index (χ4v) is 2.08. The van der Waals surface area contributed by atoms with Gasteiger partial charge in [-0.3, -0.25) is 4.98 Å². The molecule has 0 atom stereocenters. The monoisotopic (exact) mass is 368 g/mol. The molecular formula is C14H17IN4. The van der Waals surface area contributed by atoms with E-state index >= 15 is 0 Å². The third-order valence-corrected chi connectivity index (χ3v) is 4.02. The molecule has 2 aromatic rings. The van der Waals surface area contributed by atoms with Crippen molar-refractivity contribution in [1.29, 1.82) is 0 Å². The molecule has 0 spiro atoms. The lowest BCUT2D eigenvalue weighted by Gasteiger charge is -2.10. The molecular weight excluding hydrogens is 351 g/mol. The number of aromatic nitrogens is 3. The predicted molar refractivity (Wildman–Crippen MR) is 86.2 cm³/mol. The normalized spacial score (nSPS) is 10.5. The summed E-state index contributed by atoms with van der Waals surface area (Å²) < 4.78 is 1.08. The first-order valence-electron chi connectivity index (χ1n) is 6.33. The van der Waals surface area contributed by atoms with Gasteiger partial charge in [0, 0.05) is 24.0 Å². The number of nitrogens with zero attached hydrogens (tertiary/aromatic N) is 3. The van der Waals surface area contributed by atoms with Gasteiger partial charge in [0.05, 0.1) is 9.26 Å². The summed E-state index contributed by atoms with van der Waals surface area (Å²) in [6.07, 6.45) is 2.89. The van der Waals surface area contributed by atoms with Gasteiger partial charge in [0.15, 0.2) is 5.82 Å². The molecule has 0 aliphatic carbocycles. The van der Waals surface area contributed by atoms with Crippen molar-refractivity contribution in [2.75, 3.05) is 11.9 Å². The van der Waals surface area contributed by atoms with Gasteiger partial charge in [-0.2, -0.15) is 0 Å². The van der Waals surface area contributed by atoms with Gasteiger partial charge in [-0.05, 0) is 55.0 Å². The Bertz CT molecular complexity index is 566. The van der Waals surface area contributed by atoms with Crippen LogP contribution in [0.25, 0.3) is 11.4 Å². The van der Waals surface area contributed by atoms with Crippen molar-refractivity contribution in [1.82, 2.24) is 15.0 Å². The smallest absolute Gasteiger partial charge is 0.163 e. The maximum absolute atomic E-state index is 4.60. The van der Waals surface area contributed by atoms with Crippen LogP contribution in [0.4, 0.5) is 5.82 Å². The number of hydrogen-bond donors (Lipinski definition) is 1. The van der Waals surface area contributed by atoms with E-state index in [2.05, 4.69) is 49.8 Å². The minimum absolute atomic E-state index is 0.726. The van der Waals surface area contributed by atoms with E-state index in [1.165, 1.54) is 0 Å². The molecule has 2 rings (SSSR count). The highest BCUT2D eigenvalue weighted by Crippen LogP contribution is 2.23. The highest BCUT2D eigenvalue weighted by molar-refractivity contribution is 14.1. The molecule has 1 N–H and O–H groups in total. The Morgan fingerprint density at radius 2 is 2.00 bits per heavy atom. The number of aryl methyl sites for hydroxylation is 2. The zero-order chi connectivity index (χ0) is 13.8. The van der Waals surface area contributed by atoms with Crippen LogP contribution >= 0.6 is 22.6 Å². The fraction of sp³-hybridized carbons (Fsp3) is 0.357. The van der Waals surface area contributed by atoms with E-state index in [1.54, 1.807) is 0 Å². The Balaban J connectivity index is 2.40. The summed E-state index contributed by atoms with van der Waals surface area (Å²) in [6.45, 7) is 7.03. The molecule has 100 valence electrons. The van der Waals surface area contributed by atoms with Gasteiger partial charge in [0.2, 0.25) is 0 Å². The minimum atomic E-state index is 0.726. The lowest BCUT2D eigenvalue weighted by molar-refractivity contribution is 0.958. The molecule has 0 aromatic carbocycles. The maximum atomic E-state index is 4.60. The van der Waals surface area contributed by atoms with Gasteiger partial charge in [0.1, 0.15) is 5.82 Å². The van der Waals surface area contributed by atoms with E-state index in [-0.39, 0.29) is 0 Å². The van der Waals surface area contributed by atoms with Crippen molar-refractivity contribution in [2.45, 2.75) is 27.2 Å². The molecule has 0 saturated heterocycles. The predicted octanol–water partition coefficient (Wildman–Crippen LogP) is 3.58. The SMILES string of the molecule is CCCNc1nc(-c2ccc(C)nc2)nc(C)c1I. The van der Waals surface area contributed by atoms with E-state index < -0.39 is 0 Å². The summed E-state index contributed by atoms with van der Waals surface area (Å²) >= 11 is 2.28. The standard InChI is InChI=1S/C14H17IN4/c1-4-7-16-14-12(15)10(3)18-13(19-14)11-6-5-9(2)17-8-11/h5-6,8H,4,7H2,1-3H3,(H,16,18,19). The number of pyridine rings is 1. The average Bonchev–Trinajstić information content (AvgIpc) is 2.41. The molecule has 0 saturated carbocycles. The Morgan fingerprint density at radius 3 is 2.63 bits per heavy atom. The number of hydrogen-bond acceptors (Lipinski definition) is 4. The second-order valence-corrected chi connectivity index (χ2v) is 5.49. The van der Waals surface area contributed by atoms with Crippen molar-refractivity contribution in [3.8, 4) is 11.4 Å². The highest BCUT2D eigenvalue weighted by atomic mass is 127. The van der Waals surface area contributed by atoms with Crippen LogP contribution in [0.2, 0.25) is 0 Å². The Hall–Kier alpha value is -1.24. The van der Waals surface area contributed by atoms with Gasteiger partial charge >= 0.3 is 0 Å². The third-order valence-electron chi connectivity index (χ3n) is 2.73. The van der Waals surface area contributed by atoms with E-state index in [9.17, 15) is 0 Å². The molecule has 2 heterocycles. The van der Waals surface area contributed by atoms with E-state index in [0.717, 1.165) is 45.1 Å². The topological polar surface area (TPSA) is 50.7 Å². The van der Waals surface area contributed by atoms with Crippen molar-refractivity contribution >= 4 is 28.4 Å². The van der Waals surface area contributed by atoms with Gasteiger partial charge in [0.25, 0.3) is 0 Å². The summed E-state index contributed by atoms with van der Waals surface area (Å²) in [6, 6.07) is 3.98. The Kier molecular flexibility index (Phi) is 4.68. The second kappa shape index (κ2) is 6.27. The molecule has 4 nitrogen and oxygen atoms in total. The first-order valence-corrected chi connectivity index (χ1v) is 7.40. The van der Waals surface area contributed by atoms with E-state index in [1.807, 2.05) is 32.2 Å². The largest absolute Gasteiger partial charge is 0.369 e. The quantitative estimate of drug-likeness (QED) is 0.839. The third kappa shape index (κ3) is 3.40. The Labute approximate surface area is 127 Å². The van der Waals surface area contributed by atoms with Crippen LogP contribution in [-0.2, 0) is 0 Å². The van der Waals surface area contributed by atoms with Crippen LogP contribution in [0.1, 0.15) is 24.7 Å². The summed E-state index contributed by atoms with van der Waals surface area (Å²) in [4.78, 5) is 13.4. The van der Waals surface area contributed by atoms with Crippen LogP contribution in [0.5, 0.6) is 0 Å². The van der Waals surface area contributed by atoms with Gasteiger partial charge in [-0.1, -0.05) is 6.92 Å². The molecule has 0 unspecified atom stereocenters. The van der Waals surface area contributed by atoms with Crippen LogP contribution < -0.4 is 5.32 Å². The number of anilines is 1. The summed E-state index contributed by atoms with van der Waals surface area (Å²) in [5.74, 6) is 1.63.